The lowest BCUT2D eigenvalue weighted by atomic mass is 10.1. The summed E-state index contributed by atoms with van der Waals surface area (Å²) in [7, 11) is -3.41. The molecule has 2 rings (SSSR count). The molecule has 0 aliphatic carbocycles. The van der Waals surface area contributed by atoms with E-state index in [0.717, 1.165) is 6.26 Å². The highest BCUT2D eigenvalue weighted by Crippen LogP contribution is 2.18. The summed E-state index contributed by atoms with van der Waals surface area (Å²) in [5.41, 5.74) is 26.8. The number of rotatable bonds is 59. The fourth-order valence-electron chi connectivity index (χ4n) is 5.84. The number of aliphatic hydroxyl groups excluding tert-OH is 5. The summed E-state index contributed by atoms with van der Waals surface area (Å²) >= 11 is 0. The Labute approximate surface area is 514 Å². The lowest BCUT2D eigenvalue weighted by Gasteiger charge is -2.10. The summed E-state index contributed by atoms with van der Waals surface area (Å²) in [6.07, 6.45) is 0.989. The number of phenols is 1. The number of hydrogen-bond donors (Lipinski definition) is 6. The largest absolute Gasteiger partial charge is 0.508 e. The number of ether oxygens (including phenoxy) is 16. The van der Waals surface area contributed by atoms with E-state index in [1.807, 2.05) is 0 Å². The first-order valence-electron chi connectivity index (χ1n) is 28.2. The standard InChI is InChI=1S/C20H33N3O8.C13H27N3O8S.C12H25N3O6.C8H10O3/c21-23-22-1-2-26-3-4-27-5-6-28-7-8-29-9-10-30-11-12-31-20-14-18(16-24)13-19(15-20)17-25;1-25(17,18)24-13-12-23-11-10-22-9-8-21-7-6-20-5-4-19-3-2-15-16-14;13-15-14-1-3-17-5-7-19-9-11-21-12-10-20-8-6-18-4-2-16;9-4-6-1-7(5-10)3-8(11)2-6/h13-15,24-25H,1-12,16-17H2;2-13H2,1H3;16H,1-12H2;1-3,9-11H,4-5H2. The minimum absolute atomic E-state index is 0.000783. The molecule has 0 radical (unpaired) electrons. The monoisotopic (exact) mass is 1290 g/mol. The molecule has 0 aliphatic rings. The Bertz CT molecular complexity index is 2070. The molecule has 0 saturated heterocycles. The van der Waals surface area contributed by atoms with Gasteiger partial charge in [0.1, 0.15) is 18.1 Å². The molecular weight excluding hydrogens is 1190 g/mol. The molecule has 2 aromatic rings. The van der Waals surface area contributed by atoms with Gasteiger partial charge in [0.15, 0.2) is 0 Å². The normalized spacial score (nSPS) is 10.8. The van der Waals surface area contributed by atoms with Crippen molar-refractivity contribution in [3.63, 3.8) is 0 Å². The number of hydrogen-bond acceptors (Lipinski definition) is 28. The van der Waals surface area contributed by atoms with Gasteiger partial charge in [0, 0.05) is 34.4 Å². The maximum absolute atomic E-state index is 10.7. The minimum Gasteiger partial charge on any atom is -0.508 e. The van der Waals surface area contributed by atoms with Gasteiger partial charge in [0.05, 0.1) is 244 Å². The van der Waals surface area contributed by atoms with Gasteiger partial charge < -0.3 is 106 Å². The van der Waals surface area contributed by atoms with Crippen LogP contribution < -0.4 is 4.74 Å². The highest BCUT2D eigenvalue weighted by molar-refractivity contribution is 7.85. The number of aromatic hydroxyl groups is 1. The van der Waals surface area contributed by atoms with Crippen LogP contribution in [-0.4, -0.2) is 283 Å². The third-order valence-corrected chi connectivity index (χ3v) is 10.3. The van der Waals surface area contributed by atoms with Crippen LogP contribution in [0, 0.1) is 0 Å². The topological polar surface area (TPSA) is 459 Å². The fraction of sp³-hybridized carbons (Fsp3) is 0.774. The smallest absolute Gasteiger partial charge is 0.264 e. The molecular formula is C53H95N9O25S. The van der Waals surface area contributed by atoms with Crippen molar-refractivity contribution in [1.82, 2.24) is 0 Å². The molecule has 0 atom stereocenters. The molecule has 0 spiro atoms. The van der Waals surface area contributed by atoms with Crippen molar-refractivity contribution in [3.05, 3.63) is 90.0 Å². The predicted octanol–water partition coefficient (Wildman–Crippen LogP) is 2.55. The van der Waals surface area contributed by atoms with Gasteiger partial charge in [-0.1, -0.05) is 27.5 Å². The molecule has 508 valence electrons. The van der Waals surface area contributed by atoms with Crippen LogP contribution in [0.5, 0.6) is 11.5 Å². The predicted molar refractivity (Wildman–Crippen MR) is 316 cm³/mol. The first kappa shape index (κ1) is 85.1. The van der Waals surface area contributed by atoms with Crippen molar-refractivity contribution in [1.29, 1.82) is 0 Å². The number of azide groups is 3. The van der Waals surface area contributed by atoms with Gasteiger partial charge >= 0.3 is 0 Å². The maximum atomic E-state index is 10.7. The van der Waals surface area contributed by atoms with Gasteiger partial charge in [-0.3, -0.25) is 4.18 Å². The van der Waals surface area contributed by atoms with E-state index < -0.39 is 10.1 Å². The third-order valence-electron chi connectivity index (χ3n) is 9.71. The van der Waals surface area contributed by atoms with E-state index in [-0.39, 0.29) is 52.0 Å². The summed E-state index contributed by atoms with van der Waals surface area (Å²) in [6, 6.07) is 9.74. The SMILES string of the molecule is CS(=O)(=O)OCCOCCOCCOCCOCCOCCN=[N+]=[N-].OCc1cc(O)cc(CO)c1.[N-]=[N+]=NCCOCCOCCOCCOCCOCCO.[N-]=[N+]=NCCOCCOCCOCCOCCOCCOc1cc(CO)cc(CO)c1. The molecule has 88 heavy (non-hydrogen) atoms. The van der Waals surface area contributed by atoms with Gasteiger partial charge in [-0.2, -0.15) is 8.42 Å². The summed E-state index contributed by atoms with van der Waals surface area (Å²) in [4.78, 5) is 7.85. The van der Waals surface area contributed by atoms with Gasteiger partial charge in [-0.25, -0.2) is 0 Å². The van der Waals surface area contributed by atoms with Gasteiger partial charge in [-0.05, 0) is 63.1 Å². The molecule has 0 saturated carbocycles. The number of nitrogens with zero attached hydrogens (tertiary/aromatic N) is 9. The van der Waals surface area contributed by atoms with Crippen LogP contribution in [0.15, 0.2) is 51.7 Å². The Morgan fingerprint density at radius 2 is 0.568 bits per heavy atom. The van der Waals surface area contributed by atoms with Crippen molar-refractivity contribution in [2.45, 2.75) is 26.4 Å². The molecule has 0 bridgehead atoms. The third kappa shape index (κ3) is 67.0. The van der Waals surface area contributed by atoms with Crippen LogP contribution in [0.2, 0.25) is 0 Å². The Morgan fingerprint density at radius 1 is 0.341 bits per heavy atom. The van der Waals surface area contributed by atoms with E-state index in [1.165, 1.54) is 12.1 Å². The fourth-order valence-corrected chi connectivity index (χ4v) is 6.21. The second kappa shape index (κ2) is 69.6. The average Bonchev–Trinajstić information content (AvgIpc) is 3.59. The maximum Gasteiger partial charge on any atom is 0.264 e. The number of phenolic OH excluding ortho intramolecular Hbond substituents is 1. The van der Waals surface area contributed by atoms with Gasteiger partial charge in [-0.15, -0.1) is 0 Å². The van der Waals surface area contributed by atoms with Crippen molar-refractivity contribution in [2.24, 2.45) is 15.3 Å². The number of aliphatic hydroxyl groups is 5. The highest BCUT2D eigenvalue weighted by Gasteiger charge is 2.04. The lowest BCUT2D eigenvalue weighted by Crippen LogP contribution is -2.14. The lowest BCUT2D eigenvalue weighted by molar-refractivity contribution is -0.0128. The van der Waals surface area contributed by atoms with Crippen molar-refractivity contribution in [2.75, 3.05) is 244 Å². The van der Waals surface area contributed by atoms with Crippen molar-refractivity contribution in [3.8, 4) is 11.5 Å². The minimum atomic E-state index is -3.41. The molecule has 0 aromatic heterocycles. The second-order valence-corrected chi connectivity index (χ2v) is 18.4. The zero-order valence-electron chi connectivity index (χ0n) is 50.6. The molecule has 0 heterocycles. The van der Waals surface area contributed by atoms with Crippen molar-refractivity contribution < 1.29 is 119 Å². The van der Waals surface area contributed by atoms with E-state index in [1.54, 1.807) is 24.3 Å². The molecule has 0 amide bonds. The Balaban J connectivity index is 0. The molecule has 0 unspecified atom stereocenters. The van der Waals surface area contributed by atoms with E-state index >= 15 is 0 Å². The van der Waals surface area contributed by atoms with E-state index in [9.17, 15) is 18.6 Å². The number of benzene rings is 2. The molecule has 2 aromatic carbocycles. The van der Waals surface area contributed by atoms with Crippen LogP contribution in [0.1, 0.15) is 22.3 Å². The summed E-state index contributed by atoms with van der Waals surface area (Å²) in [5, 5.41) is 63.3. The average molecular weight is 1290 g/mol. The quantitative estimate of drug-likeness (QED) is 0.0182. The van der Waals surface area contributed by atoms with Crippen LogP contribution >= 0.6 is 0 Å². The molecule has 0 fully saturated rings. The van der Waals surface area contributed by atoms with Crippen LogP contribution in [-0.2, 0) is 112 Å². The van der Waals surface area contributed by atoms with Crippen LogP contribution in [0.3, 0.4) is 0 Å². The zero-order chi connectivity index (χ0) is 64.8. The summed E-state index contributed by atoms with van der Waals surface area (Å²) < 4.78 is 110. The van der Waals surface area contributed by atoms with Crippen LogP contribution in [0.4, 0.5) is 0 Å². The Kier molecular flexibility index (Phi) is 67.3. The first-order chi connectivity index (χ1) is 43.0. The highest BCUT2D eigenvalue weighted by atomic mass is 32.2. The van der Waals surface area contributed by atoms with Gasteiger partial charge in [0.2, 0.25) is 0 Å². The second-order valence-electron chi connectivity index (χ2n) is 16.8. The van der Waals surface area contributed by atoms with E-state index in [2.05, 4.69) is 34.3 Å². The van der Waals surface area contributed by atoms with Gasteiger partial charge in [0.25, 0.3) is 10.1 Å². The Hall–Kier alpha value is -4.92. The van der Waals surface area contributed by atoms with Crippen LogP contribution in [0.25, 0.3) is 31.3 Å². The zero-order valence-corrected chi connectivity index (χ0v) is 51.4. The summed E-state index contributed by atoms with van der Waals surface area (Å²) in [5.74, 6) is 0.662. The summed E-state index contributed by atoms with van der Waals surface area (Å²) in [6.45, 7) is 14.2. The molecule has 35 heteroatoms. The molecule has 0 aliphatic heterocycles. The Morgan fingerprint density at radius 3 is 0.807 bits per heavy atom. The molecule has 6 N–H and O–H groups in total. The molecule has 34 nitrogen and oxygen atoms in total. The first-order valence-corrected chi connectivity index (χ1v) is 30.0. The van der Waals surface area contributed by atoms with E-state index in [4.69, 9.17) is 113 Å². The van der Waals surface area contributed by atoms with E-state index in [0.29, 0.717) is 246 Å². The van der Waals surface area contributed by atoms with Crippen molar-refractivity contribution >= 4 is 10.1 Å².